The molecule has 0 unspecified atom stereocenters. The third-order valence-corrected chi connectivity index (χ3v) is 3.40. The van der Waals surface area contributed by atoms with Gasteiger partial charge in [-0.25, -0.2) is 15.0 Å². The minimum atomic E-state index is -0.602. The first-order valence-electron chi connectivity index (χ1n) is 12.1. The molecule has 1 aromatic heterocycles. The summed E-state index contributed by atoms with van der Waals surface area (Å²) >= 11 is 6.10. The van der Waals surface area contributed by atoms with Crippen molar-refractivity contribution in [2.75, 3.05) is 0 Å². The van der Waals surface area contributed by atoms with Gasteiger partial charge in [-0.1, -0.05) is 84.2 Å². The molecular weight excluding hydrogens is 330 g/mol. The summed E-state index contributed by atoms with van der Waals surface area (Å²) in [6.45, 7) is 0. The summed E-state index contributed by atoms with van der Waals surface area (Å²) in [6.07, 6.45) is 0. The summed E-state index contributed by atoms with van der Waals surface area (Å²) in [4.78, 5) is 12.8. The predicted octanol–water partition coefficient (Wildman–Crippen LogP) is 5.53. The molecule has 3 nitrogen and oxygen atoms in total. The van der Waals surface area contributed by atoms with Gasteiger partial charge < -0.3 is 0 Å². The van der Waals surface area contributed by atoms with Gasteiger partial charge in [0.25, 0.3) is 0 Å². The molecule has 0 amide bonds. The van der Waals surface area contributed by atoms with Crippen molar-refractivity contribution in [1.82, 2.24) is 15.0 Å². The molecule has 0 saturated carbocycles. The lowest BCUT2D eigenvalue weighted by Gasteiger charge is -2.08. The smallest absolute Gasteiger partial charge is 0.164 e. The maximum absolute atomic E-state index is 8.29. The van der Waals surface area contributed by atoms with Crippen LogP contribution in [0.25, 0.3) is 34.2 Å². The number of benzene rings is 3. The van der Waals surface area contributed by atoms with Crippen LogP contribution in [0.1, 0.15) is 13.7 Å². The van der Waals surface area contributed by atoms with Crippen LogP contribution in [0.15, 0.2) is 84.7 Å². The minimum Gasteiger partial charge on any atom is -0.208 e. The maximum Gasteiger partial charge on any atom is 0.164 e. The van der Waals surface area contributed by atoms with E-state index in [1.807, 2.05) is 0 Å². The van der Waals surface area contributed by atoms with Crippen LogP contribution >= 0.6 is 11.6 Å². The van der Waals surface area contributed by atoms with Crippen LogP contribution in [0.5, 0.6) is 0 Å². The molecule has 0 N–H and O–H groups in total. The Morgan fingerprint density at radius 1 is 0.640 bits per heavy atom. The van der Waals surface area contributed by atoms with Gasteiger partial charge in [-0.15, -0.1) is 0 Å². The Labute approximate surface area is 165 Å². The SMILES string of the molecule is [2H]c1c([2H])c([2H])c(-c2nc(-c3cccc(Cl)c3)nc(-c3c([2H])c([2H])c([2H])c([2H])c3[2H])n2)c([2H])c1[2H]. The van der Waals surface area contributed by atoms with Crippen molar-refractivity contribution < 1.29 is 13.7 Å². The molecule has 120 valence electrons. The molecule has 0 bridgehead atoms. The van der Waals surface area contributed by atoms with Crippen LogP contribution in [0.3, 0.4) is 0 Å². The Morgan fingerprint density at radius 2 is 1.12 bits per heavy atom. The van der Waals surface area contributed by atoms with Crippen LogP contribution in [0, 0.1) is 0 Å². The second-order valence-corrected chi connectivity index (χ2v) is 5.25. The molecule has 0 aliphatic carbocycles. The fourth-order valence-corrected chi connectivity index (χ4v) is 2.27. The largest absolute Gasteiger partial charge is 0.208 e. The van der Waals surface area contributed by atoms with E-state index in [0.717, 1.165) is 0 Å². The molecule has 4 aromatic rings. The van der Waals surface area contributed by atoms with Crippen molar-refractivity contribution >= 4 is 11.6 Å². The van der Waals surface area contributed by atoms with Crippen molar-refractivity contribution in [2.45, 2.75) is 0 Å². The van der Waals surface area contributed by atoms with Crippen LogP contribution in [0.2, 0.25) is 5.02 Å². The zero-order valence-corrected chi connectivity index (χ0v) is 13.3. The molecule has 0 spiro atoms. The van der Waals surface area contributed by atoms with E-state index >= 15 is 0 Å². The van der Waals surface area contributed by atoms with E-state index < -0.39 is 60.4 Å². The molecule has 0 fully saturated rings. The average Bonchev–Trinajstić information content (AvgIpc) is 2.84. The van der Waals surface area contributed by atoms with Crippen molar-refractivity contribution in [2.24, 2.45) is 0 Å². The van der Waals surface area contributed by atoms with Gasteiger partial charge >= 0.3 is 0 Å². The van der Waals surface area contributed by atoms with Crippen LogP contribution in [0.4, 0.5) is 0 Å². The van der Waals surface area contributed by atoms with E-state index in [0.29, 0.717) is 10.6 Å². The van der Waals surface area contributed by atoms with Crippen molar-refractivity contribution in [3.8, 4) is 34.2 Å². The topological polar surface area (TPSA) is 38.7 Å². The second-order valence-electron chi connectivity index (χ2n) is 4.82. The standard InChI is InChI=1S/C21H14ClN3/c22-18-13-7-12-17(14-18)21-24-19(15-8-3-1-4-9-15)23-20(25-21)16-10-5-2-6-11-16/h1-14H/i1D,2D,3D,4D,5D,6D,8D,9D,10D,11D. The highest BCUT2D eigenvalue weighted by Gasteiger charge is 2.11. The van der Waals surface area contributed by atoms with Gasteiger partial charge in [-0.05, 0) is 12.1 Å². The molecule has 0 aliphatic heterocycles. The van der Waals surface area contributed by atoms with Gasteiger partial charge in [0.15, 0.2) is 17.5 Å². The van der Waals surface area contributed by atoms with Gasteiger partial charge in [0.2, 0.25) is 0 Å². The lowest BCUT2D eigenvalue weighted by atomic mass is 10.1. The van der Waals surface area contributed by atoms with E-state index in [1.54, 1.807) is 18.2 Å². The fraction of sp³-hybridized carbons (Fsp3) is 0. The van der Waals surface area contributed by atoms with E-state index in [4.69, 9.17) is 25.3 Å². The number of aromatic nitrogens is 3. The summed E-state index contributed by atoms with van der Waals surface area (Å²) in [5.74, 6) is -0.686. The molecule has 25 heavy (non-hydrogen) atoms. The second kappa shape index (κ2) is 6.83. The fourth-order valence-electron chi connectivity index (χ4n) is 2.08. The predicted molar refractivity (Wildman–Crippen MR) is 101 cm³/mol. The van der Waals surface area contributed by atoms with E-state index in [2.05, 4.69) is 15.0 Å². The summed E-state index contributed by atoms with van der Waals surface area (Å²) in [5.41, 5.74) is -0.271. The van der Waals surface area contributed by atoms with Crippen LogP contribution in [-0.2, 0) is 0 Å². The Kier molecular flexibility index (Phi) is 2.16. The number of hydrogen-bond acceptors (Lipinski definition) is 3. The highest BCUT2D eigenvalue weighted by atomic mass is 35.5. The quantitative estimate of drug-likeness (QED) is 0.486. The summed E-state index contributed by atoms with van der Waals surface area (Å²) in [6, 6.07) is 0.505. The van der Waals surface area contributed by atoms with Crippen molar-refractivity contribution in [3.63, 3.8) is 0 Å². The first kappa shape index (κ1) is 7.89. The van der Waals surface area contributed by atoms with Gasteiger partial charge in [0.1, 0.15) is 0 Å². The molecule has 4 heteroatoms. The first-order chi connectivity index (χ1) is 16.4. The summed E-state index contributed by atoms with van der Waals surface area (Å²) < 4.78 is 80.7. The van der Waals surface area contributed by atoms with E-state index in [9.17, 15) is 0 Å². The molecule has 0 radical (unpaired) electrons. The maximum atomic E-state index is 8.29. The van der Waals surface area contributed by atoms with Gasteiger partial charge in [-0.2, -0.15) is 0 Å². The number of hydrogen-bond donors (Lipinski definition) is 0. The normalized spacial score (nSPS) is 16.2. The Hall–Kier alpha value is -3.04. The minimum absolute atomic E-state index is 0.0360. The summed E-state index contributed by atoms with van der Waals surface area (Å²) in [7, 11) is 0. The Balaban J connectivity index is 2.13. The van der Waals surface area contributed by atoms with Crippen molar-refractivity contribution in [3.05, 3.63) is 89.7 Å². The third kappa shape index (κ3) is 3.42. The molecule has 0 atom stereocenters. The van der Waals surface area contributed by atoms with Crippen LogP contribution < -0.4 is 0 Å². The van der Waals surface area contributed by atoms with Gasteiger partial charge in [0, 0.05) is 21.7 Å². The van der Waals surface area contributed by atoms with Gasteiger partial charge in [0.05, 0.1) is 13.7 Å². The molecule has 0 aliphatic rings. The number of nitrogens with zero attached hydrogens (tertiary/aromatic N) is 3. The zero-order valence-electron chi connectivity index (χ0n) is 22.5. The summed E-state index contributed by atoms with van der Waals surface area (Å²) in [5, 5.41) is 0.344. The monoisotopic (exact) mass is 353 g/mol. The van der Waals surface area contributed by atoms with E-state index in [-0.39, 0.29) is 28.6 Å². The molecule has 3 aromatic carbocycles. The molecule has 1 heterocycles. The highest BCUT2D eigenvalue weighted by molar-refractivity contribution is 6.30. The Morgan fingerprint density at radius 3 is 1.60 bits per heavy atom. The average molecular weight is 354 g/mol. The first-order valence-corrected chi connectivity index (χ1v) is 7.48. The van der Waals surface area contributed by atoms with E-state index in [1.165, 1.54) is 6.07 Å². The van der Waals surface area contributed by atoms with Gasteiger partial charge in [-0.3, -0.25) is 0 Å². The lowest BCUT2D eigenvalue weighted by molar-refractivity contribution is 1.07. The molecule has 0 saturated heterocycles. The molecular formula is C21H14ClN3. The highest BCUT2D eigenvalue weighted by Crippen LogP contribution is 2.25. The Bertz CT molecular complexity index is 1380. The third-order valence-electron chi connectivity index (χ3n) is 3.17. The zero-order chi connectivity index (χ0) is 25.8. The van der Waals surface area contributed by atoms with Crippen LogP contribution in [-0.4, -0.2) is 15.0 Å². The van der Waals surface area contributed by atoms with Crippen molar-refractivity contribution in [1.29, 1.82) is 0 Å². The number of rotatable bonds is 3. The number of halogens is 1. The molecule has 4 rings (SSSR count). The lowest BCUT2D eigenvalue weighted by Crippen LogP contribution is -2.00.